The first kappa shape index (κ1) is 44.3. The molecule has 4 heterocycles. The van der Waals surface area contributed by atoms with E-state index in [0.717, 1.165) is 49.9 Å². The number of hydrogen-bond acceptors (Lipinski definition) is 12. The minimum absolute atomic E-state index is 0.0594. The smallest absolute Gasteiger partial charge is 0.383 e. The van der Waals surface area contributed by atoms with Gasteiger partial charge in [0.1, 0.15) is 29.1 Å². The molecule has 322 valence electrons. The van der Waals surface area contributed by atoms with Crippen molar-refractivity contribution >= 4 is 52.6 Å². The maximum atomic E-state index is 14.7. The van der Waals surface area contributed by atoms with Crippen LogP contribution in [0.2, 0.25) is 0 Å². The van der Waals surface area contributed by atoms with Gasteiger partial charge in [-0.05, 0) is 93.4 Å². The van der Waals surface area contributed by atoms with Gasteiger partial charge in [-0.3, -0.25) is 24.5 Å². The van der Waals surface area contributed by atoms with Gasteiger partial charge >= 0.3 is 6.18 Å². The molecule has 0 spiro atoms. The van der Waals surface area contributed by atoms with E-state index < -0.39 is 23.6 Å². The minimum Gasteiger partial charge on any atom is -0.383 e. The molecule has 1 saturated carbocycles. The number of aromatic nitrogens is 2. The number of amides is 2. The standard InChI is InChI=1S/C23H29F4N5S.C18H25FN4O3/c1-15-6-5-11-32(14-15)21-18(23(25,26)27)13-28-22(30-21)29-20-10-9-17(12-19(20)24)33-31-16-7-3-2-4-8-16;1-22-7-8-23(10-13(22)11-26-2)16-9-12(3-4-14(16)19)20-15-5-6-17(24)21-18(15)25/h9-10,12-13,15-16,31H,2-8,11,14H2,1H3,(H,28,29,30);3-4,9,13,15,20H,5-8,10-11H2,1-2H3,(H,21,24,25). The Hall–Kier alpha value is -4.26. The molecule has 3 atom stereocenters. The van der Waals surface area contributed by atoms with Gasteiger partial charge in [0, 0.05) is 69.1 Å². The van der Waals surface area contributed by atoms with Crippen LogP contribution in [0.4, 0.5) is 50.8 Å². The summed E-state index contributed by atoms with van der Waals surface area (Å²) in [6.07, 6.45) is 4.65. The lowest BCUT2D eigenvalue weighted by molar-refractivity contribution is -0.137. The number of imide groups is 1. The van der Waals surface area contributed by atoms with Gasteiger partial charge < -0.3 is 25.2 Å². The van der Waals surface area contributed by atoms with Gasteiger partial charge in [-0.25, -0.2) is 13.8 Å². The lowest BCUT2D eigenvalue weighted by atomic mass is 9.96. The third-order valence-electron chi connectivity index (χ3n) is 11.2. The highest BCUT2D eigenvalue weighted by Crippen LogP contribution is 2.37. The van der Waals surface area contributed by atoms with E-state index in [1.807, 2.05) is 18.9 Å². The van der Waals surface area contributed by atoms with Gasteiger partial charge in [0.05, 0.1) is 24.0 Å². The van der Waals surface area contributed by atoms with Crippen LogP contribution >= 0.6 is 11.9 Å². The Morgan fingerprint density at radius 2 is 1.73 bits per heavy atom. The zero-order chi connectivity index (χ0) is 42.1. The molecule has 1 aliphatic carbocycles. The Morgan fingerprint density at radius 3 is 2.44 bits per heavy atom. The fourth-order valence-corrected chi connectivity index (χ4v) is 8.66. The molecule has 12 nitrogen and oxygen atoms in total. The molecule has 4 N–H and O–H groups in total. The van der Waals surface area contributed by atoms with Crippen LogP contribution in [0.25, 0.3) is 0 Å². The number of piperidine rings is 2. The number of hydrogen-bond donors (Lipinski definition) is 4. The largest absolute Gasteiger partial charge is 0.421 e. The predicted octanol–water partition coefficient (Wildman–Crippen LogP) is 7.35. The van der Waals surface area contributed by atoms with Gasteiger partial charge in [-0.1, -0.05) is 26.2 Å². The SMILES string of the molecule is CC1CCCN(c2nc(Nc3ccc(SNC4CCCCC4)cc3F)ncc2C(F)(F)F)C1.COCC1CN(c2cc(NC3CCC(=O)NC3=O)ccc2F)CCN1C. The molecule has 3 aliphatic heterocycles. The van der Waals surface area contributed by atoms with Crippen molar-refractivity contribution in [3.8, 4) is 0 Å². The number of alkyl halides is 3. The number of anilines is 5. The molecule has 1 aromatic heterocycles. The van der Waals surface area contributed by atoms with Gasteiger partial charge in [-0.15, -0.1) is 0 Å². The summed E-state index contributed by atoms with van der Waals surface area (Å²) in [5, 5.41) is 8.18. The van der Waals surface area contributed by atoms with Crippen molar-refractivity contribution in [1.29, 1.82) is 0 Å². The molecule has 3 saturated heterocycles. The molecule has 3 aromatic rings. The zero-order valence-electron chi connectivity index (χ0n) is 33.7. The fourth-order valence-electron chi connectivity index (χ4n) is 7.82. The maximum Gasteiger partial charge on any atom is 0.421 e. The molecular weight excluding hydrogens is 794 g/mol. The molecule has 4 fully saturated rings. The minimum atomic E-state index is -4.57. The first-order valence-corrected chi connectivity index (χ1v) is 21.1. The quantitative estimate of drug-likeness (QED) is 0.0876. The third-order valence-corrected chi connectivity index (χ3v) is 12.1. The van der Waals surface area contributed by atoms with E-state index in [1.165, 1.54) is 43.3 Å². The number of piperazine rings is 1. The summed E-state index contributed by atoms with van der Waals surface area (Å²) in [7, 11) is 3.70. The van der Waals surface area contributed by atoms with Crippen LogP contribution in [0, 0.1) is 17.6 Å². The highest BCUT2D eigenvalue weighted by Gasteiger charge is 2.38. The molecule has 59 heavy (non-hydrogen) atoms. The first-order chi connectivity index (χ1) is 28.3. The Labute approximate surface area is 346 Å². The van der Waals surface area contributed by atoms with Crippen molar-refractivity contribution in [1.82, 2.24) is 24.9 Å². The number of halogens is 5. The van der Waals surface area contributed by atoms with Gasteiger partial charge in [0.15, 0.2) is 0 Å². The highest BCUT2D eigenvalue weighted by molar-refractivity contribution is 7.97. The number of nitrogens with zero attached hydrogens (tertiary/aromatic N) is 5. The lowest BCUT2D eigenvalue weighted by Gasteiger charge is -2.40. The fraction of sp³-hybridized carbons (Fsp3) is 0.561. The highest BCUT2D eigenvalue weighted by atomic mass is 32.2. The lowest BCUT2D eigenvalue weighted by Crippen LogP contribution is -2.53. The summed E-state index contributed by atoms with van der Waals surface area (Å²) in [6.45, 7) is 5.80. The Kier molecular flexibility index (Phi) is 15.3. The monoisotopic (exact) mass is 847 g/mol. The second-order valence-electron chi connectivity index (χ2n) is 15.8. The van der Waals surface area contributed by atoms with E-state index in [-0.39, 0.29) is 47.0 Å². The second-order valence-corrected chi connectivity index (χ2v) is 16.7. The van der Waals surface area contributed by atoms with Crippen LogP contribution in [0.5, 0.6) is 0 Å². The Balaban J connectivity index is 0.000000204. The maximum absolute atomic E-state index is 14.7. The number of rotatable bonds is 11. The van der Waals surface area contributed by atoms with Gasteiger partial charge in [-0.2, -0.15) is 18.2 Å². The number of nitrogens with one attached hydrogen (secondary N) is 4. The van der Waals surface area contributed by atoms with Crippen LogP contribution in [0.3, 0.4) is 0 Å². The number of likely N-dealkylation sites (N-methyl/N-ethyl adjacent to an activating group) is 1. The molecule has 3 unspecified atom stereocenters. The topological polar surface area (TPSA) is 127 Å². The molecule has 0 radical (unpaired) electrons. The van der Waals surface area contributed by atoms with Crippen LogP contribution in [-0.4, -0.2) is 98.3 Å². The van der Waals surface area contributed by atoms with E-state index in [9.17, 15) is 31.5 Å². The summed E-state index contributed by atoms with van der Waals surface area (Å²) in [4.78, 5) is 37.8. The van der Waals surface area contributed by atoms with E-state index in [4.69, 9.17) is 4.74 Å². The van der Waals surface area contributed by atoms with E-state index >= 15 is 0 Å². The number of carbonyl (C=O) groups excluding carboxylic acids is 2. The predicted molar refractivity (Wildman–Crippen MR) is 220 cm³/mol. The number of benzene rings is 2. The Morgan fingerprint density at radius 1 is 0.932 bits per heavy atom. The summed E-state index contributed by atoms with van der Waals surface area (Å²) >= 11 is 1.40. The summed E-state index contributed by atoms with van der Waals surface area (Å²) in [5.74, 6) is -1.34. The summed E-state index contributed by atoms with van der Waals surface area (Å²) in [5.41, 5.74) is 0.424. The van der Waals surface area contributed by atoms with Crippen molar-refractivity contribution < 1.29 is 36.3 Å². The average molecular weight is 848 g/mol. The zero-order valence-corrected chi connectivity index (χ0v) is 34.5. The van der Waals surface area contributed by atoms with Gasteiger partial charge in [0.2, 0.25) is 17.8 Å². The first-order valence-electron chi connectivity index (χ1n) is 20.3. The van der Waals surface area contributed by atoms with Crippen molar-refractivity contribution in [2.45, 2.75) is 93.9 Å². The third kappa shape index (κ3) is 12.2. The summed E-state index contributed by atoms with van der Waals surface area (Å²) in [6, 6.07) is 9.63. The second kappa shape index (κ2) is 20.3. The summed E-state index contributed by atoms with van der Waals surface area (Å²) < 4.78 is 78.6. The van der Waals surface area contributed by atoms with E-state index in [2.05, 4.69) is 35.5 Å². The normalized spacial score (nSPS) is 22.1. The number of methoxy groups -OCH3 is 1. The number of carbonyl (C=O) groups is 2. The molecule has 18 heteroatoms. The van der Waals surface area contributed by atoms with Crippen molar-refractivity contribution in [3.63, 3.8) is 0 Å². The molecule has 2 amide bonds. The van der Waals surface area contributed by atoms with Crippen LogP contribution < -0.4 is 30.5 Å². The molecule has 2 aromatic carbocycles. The van der Waals surface area contributed by atoms with Crippen LogP contribution in [-0.2, 0) is 20.5 Å². The van der Waals surface area contributed by atoms with Crippen LogP contribution in [0.1, 0.15) is 70.3 Å². The van der Waals surface area contributed by atoms with Gasteiger partial charge in [0.25, 0.3) is 0 Å². The Bertz CT molecular complexity index is 1900. The van der Waals surface area contributed by atoms with Crippen molar-refractivity contribution in [2.75, 3.05) is 73.9 Å². The van der Waals surface area contributed by atoms with Crippen LogP contribution in [0.15, 0.2) is 47.5 Å². The van der Waals surface area contributed by atoms with Crippen molar-refractivity contribution in [3.05, 3.63) is 59.8 Å². The van der Waals surface area contributed by atoms with Crippen molar-refractivity contribution in [2.24, 2.45) is 5.92 Å². The molecule has 7 rings (SSSR count). The number of ether oxygens (including phenoxy) is 1. The molecule has 4 aliphatic rings. The average Bonchev–Trinajstić information content (AvgIpc) is 3.21. The van der Waals surface area contributed by atoms with E-state index in [1.54, 1.807) is 36.3 Å². The molecule has 0 bridgehead atoms. The van der Waals surface area contributed by atoms with E-state index in [0.29, 0.717) is 56.5 Å². The molecular formula is C41H54F5N9O3S.